The first-order chi connectivity index (χ1) is 6.38. The Morgan fingerprint density at radius 2 is 2.54 bits per heavy atom. The van der Waals surface area contributed by atoms with Gasteiger partial charge >= 0.3 is 0 Å². The fourth-order valence-electron chi connectivity index (χ4n) is 0.991. The van der Waals surface area contributed by atoms with Crippen molar-refractivity contribution < 1.29 is 9.52 Å². The van der Waals surface area contributed by atoms with Gasteiger partial charge in [0.25, 0.3) is 0 Å². The van der Waals surface area contributed by atoms with E-state index >= 15 is 0 Å². The number of hydrogen-bond donors (Lipinski definition) is 2. The standard InChI is InChI=1S/C9H12N2O2/c10-7-8(11-4-2-5-12)9-3-1-6-13-9/h1,3,6,8,11-12H,2,4-5H2. The molecule has 0 saturated carbocycles. The maximum atomic E-state index is 8.76. The van der Waals surface area contributed by atoms with Crippen LogP contribution in [-0.2, 0) is 0 Å². The van der Waals surface area contributed by atoms with Crippen LogP contribution in [0.2, 0.25) is 0 Å². The number of nitrogens with one attached hydrogen (secondary N) is 1. The number of furan rings is 1. The Kier molecular flexibility index (Phi) is 4.03. The van der Waals surface area contributed by atoms with Crippen LogP contribution in [0.25, 0.3) is 0 Å². The molecular formula is C9H12N2O2. The molecule has 1 atom stereocenters. The molecule has 0 aliphatic rings. The normalized spacial score (nSPS) is 12.3. The zero-order chi connectivity index (χ0) is 9.52. The first-order valence-electron chi connectivity index (χ1n) is 4.15. The van der Waals surface area contributed by atoms with E-state index in [4.69, 9.17) is 14.8 Å². The molecule has 4 heteroatoms. The average molecular weight is 180 g/mol. The fourth-order valence-corrected chi connectivity index (χ4v) is 0.991. The molecule has 0 aliphatic carbocycles. The molecule has 0 spiro atoms. The van der Waals surface area contributed by atoms with E-state index in [-0.39, 0.29) is 6.61 Å². The minimum absolute atomic E-state index is 0.128. The summed E-state index contributed by atoms with van der Waals surface area (Å²) in [5.74, 6) is 0.612. The van der Waals surface area contributed by atoms with Gasteiger partial charge in [-0.05, 0) is 25.1 Å². The Morgan fingerprint density at radius 1 is 1.69 bits per heavy atom. The van der Waals surface area contributed by atoms with Gasteiger partial charge in [0.1, 0.15) is 5.76 Å². The summed E-state index contributed by atoms with van der Waals surface area (Å²) in [4.78, 5) is 0. The Balaban J connectivity index is 2.41. The summed E-state index contributed by atoms with van der Waals surface area (Å²) >= 11 is 0. The Bertz CT molecular complexity index is 264. The van der Waals surface area contributed by atoms with Crippen LogP contribution in [0.5, 0.6) is 0 Å². The summed E-state index contributed by atoms with van der Waals surface area (Å²) in [5.41, 5.74) is 0. The quantitative estimate of drug-likeness (QED) is 0.658. The van der Waals surface area contributed by atoms with E-state index in [2.05, 4.69) is 11.4 Å². The van der Waals surface area contributed by atoms with E-state index in [1.54, 1.807) is 12.1 Å². The lowest BCUT2D eigenvalue weighted by molar-refractivity contribution is 0.283. The molecule has 4 nitrogen and oxygen atoms in total. The summed E-state index contributed by atoms with van der Waals surface area (Å²) in [7, 11) is 0. The van der Waals surface area contributed by atoms with E-state index < -0.39 is 6.04 Å². The Labute approximate surface area is 76.8 Å². The van der Waals surface area contributed by atoms with Crippen LogP contribution in [0.3, 0.4) is 0 Å². The van der Waals surface area contributed by atoms with Crippen molar-refractivity contribution in [1.29, 1.82) is 5.26 Å². The molecule has 0 aliphatic heterocycles. The molecule has 0 fully saturated rings. The van der Waals surface area contributed by atoms with Crippen LogP contribution in [0.4, 0.5) is 0 Å². The maximum absolute atomic E-state index is 8.76. The van der Waals surface area contributed by atoms with Gasteiger partial charge in [-0.15, -0.1) is 0 Å². The highest BCUT2D eigenvalue weighted by molar-refractivity contribution is 5.12. The topological polar surface area (TPSA) is 69.2 Å². The van der Waals surface area contributed by atoms with Crippen LogP contribution in [0, 0.1) is 11.3 Å². The first-order valence-corrected chi connectivity index (χ1v) is 4.15. The SMILES string of the molecule is N#CC(NCCCO)c1ccco1. The molecule has 2 N–H and O–H groups in total. The lowest BCUT2D eigenvalue weighted by atomic mass is 10.2. The first kappa shape index (κ1) is 9.78. The second kappa shape index (κ2) is 5.36. The van der Waals surface area contributed by atoms with Gasteiger partial charge < -0.3 is 9.52 Å². The van der Waals surface area contributed by atoms with Gasteiger partial charge in [-0.2, -0.15) is 5.26 Å². The predicted molar refractivity (Wildman–Crippen MR) is 46.8 cm³/mol. The van der Waals surface area contributed by atoms with Crippen molar-refractivity contribution in [2.45, 2.75) is 12.5 Å². The summed E-state index contributed by atoms with van der Waals surface area (Å²) in [6, 6.07) is 5.15. The van der Waals surface area contributed by atoms with Gasteiger partial charge in [0.05, 0.1) is 12.3 Å². The molecular weight excluding hydrogens is 168 g/mol. The molecule has 0 bridgehead atoms. The van der Waals surface area contributed by atoms with Crippen molar-refractivity contribution >= 4 is 0 Å². The zero-order valence-electron chi connectivity index (χ0n) is 7.23. The minimum Gasteiger partial charge on any atom is -0.467 e. The van der Waals surface area contributed by atoms with E-state index in [9.17, 15) is 0 Å². The van der Waals surface area contributed by atoms with E-state index in [0.717, 1.165) is 0 Å². The molecule has 70 valence electrons. The van der Waals surface area contributed by atoms with Gasteiger partial charge in [-0.3, -0.25) is 5.32 Å². The fraction of sp³-hybridized carbons (Fsp3) is 0.444. The van der Waals surface area contributed by atoms with Crippen molar-refractivity contribution in [3.8, 4) is 6.07 Å². The number of aliphatic hydroxyl groups excluding tert-OH is 1. The van der Waals surface area contributed by atoms with Crippen LogP contribution < -0.4 is 5.32 Å². The number of aliphatic hydroxyl groups is 1. The van der Waals surface area contributed by atoms with Crippen LogP contribution >= 0.6 is 0 Å². The molecule has 1 aromatic heterocycles. The summed E-state index contributed by atoms with van der Waals surface area (Å²) < 4.78 is 5.07. The van der Waals surface area contributed by atoms with Gasteiger partial charge in [0.15, 0.2) is 6.04 Å². The van der Waals surface area contributed by atoms with Gasteiger partial charge in [-0.1, -0.05) is 0 Å². The van der Waals surface area contributed by atoms with Gasteiger partial charge in [-0.25, -0.2) is 0 Å². The molecule has 1 unspecified atom stereocenters. The summed E-state index contributed by atoms with van der Waals surface area (Å²) in [5, 5.41) is 20.3. The number of nitrogens with zero attached hydrogens (tertiary/aromatic N) is 1. The number of hydrogen-bond acceptors (Lipinski definition) is 4. The van der Waals surface area contributed by atoms with Gasteiger partial charge in [0.2, 0.25) is 0 Å². The van der Waals surface area contributed by atoms with E-state index in [0.29, 0.717) is 18.7 Å². The van der Waals surface area contributed by atoms with Crippen molar-refractivity contribution in [2.75, 3.05) is 13.2 Å². The molecule has 0 radical (unpaired) electrons. The van der Waals surface area contributed by atoms with Crippen molar-refractivity contribution in [1.82, 2.24) is 5.32 Å². The van der Waals surface area contributed by atoms with Crippen LogP contribution in [0.1, 0.15) is 18.2 Å². The number of nitriles is 1. The van der Waals surface area contributed by atoms with Crippen LogP contribution in [-0.4, -0.2) is 18.3 Å². The lowest BCUT2D eigenvalue weighted by Gasteiger charge is -2.07. The monoisotopic (exact) mass is 180 g/mol. The third kappa shape index (κ3) is 2.90. The smallest absolute Gasteiger partial charge is 0.154 e. The predicted octanol–water partition coefficient (Wildman–Crippen LogP) is 0.816. The highest BCUT2D eigenvalue weighted by Gasteiger charge is 2.11. The maximum Gasteiger partial charge on any atom is 0.154 e. The van der Waals surface area contributed by atoms with Crippen molar-refractivity contribution in [2.24, 2.45) is 0 Å². The van der Waals surface area contributed by atoms with Gasteiger partial charge in [0, 0.05) is 6.61 Å². The lowest BCUT2D eigenvalue weighted by Crippen LogP contribution is -2.21. The minimum atomic E-state index is -0.415. The molecule has 13 heavy (non-hydrogen) atoms. The molecule has 1 rings (SSSR count). The zero-order valence-corrected chi connectivity index (χ0v) is 7.23. The molecule has 1 aromatic rings. The molecule has 0 saturated heterocycles. The second-order valence-electron chi connectivity index (χ2n) is 2.61. The third-order valence-corrected chi connectivity index (χ3v) is 1.64. The number of rotatable bonds is 5. The molecule has 1 heterocycles. The summed E-state index contributed by atoms with van der Waals surface area (Å²) in [6.07, 6.45) is 2.17. The molecule has 0 amide bonds. The Hall–Kier alpha value is -1.31. The second-order valence-corrected chi connectivity index (χ2v) is 2.61. The largest absolute Gasteiger partial charge is 0.467 e. The third-order valence-electron chi connectivity index (χ3n) is 1.64. The van der Waals surface area contributed by atoms with Crippen molar-refractivity contribution in [3.05, 3.63) is 24.2 Å². The molecule has 0 aromatic carbocycles. The highest BCUT2D eigenvalue weighted by Crippen LogP contribution is 2.11. The Morgan fingerprint density at radius 3 is 3.08 bits per heavy atom. The highest BCUT2D eigenvalue weighted by atomic mass is 16.3. The van der Waals surface area contributed by atoms with Crippen LogP contribution in [0.15, 0.2) is 22.8 Å². The summed E-state index contributed by atoms with van der Waals surface area (Å²) in [6.45, 7) is 0.735. The van der Waals surface area contributed by atoms with E-state index in [1.165, 1.54) is 6.26 Å². The average Bonchev–Trinajstić information content (AvgIpc) is 2.65. The van der Waals surface area contributed by atoms with E-state index in [1.807, 2.05) is 0 Å². The van der Waals surface area contributed by atoms with Crippen molar-refractivity contribution in [3.63, 3.8) is 0 Å².